The van der Waals surface area contributed by atoms with Crippen molar-refractivity contribution in [2.75, 3.05) is 6.54 Å². The molecule has 0 aromatic heterocycles. The molecule has 0 unspecified atom stereocenters. The lowest BCUT2D eigenvalue weighted by Gasteiger charge is -2.35. The normalized spacial score (nSPS) is 26.8. The molecule has 0 amide bonds. The molecule has 0 spiro atoms. The van der Waals surface area contributed by atoms with Gasteiger partial charge in [0.2, 0.25) is 0 Å². The second-order valence-electron chi connectivity index (χ2n) is 5.83. The number of hydrogen-bond donors (Lipinski definition) is 2. The molecule has 2 N–H and O–H groups in total. The Bertz CT molecular complexity index is 473. The van der Waals surface area contributed by atoms with E-state index in [4.69, 9.17) is 0 Å². The maximum atomic E-state index is 13.8. The Labute approximate surface area is 126 Å². The third-order valence-corrected chi connectivity index (χ3v) is 4.71. The maximum absolute atomic E-state index is 13.8. The van der Waals surface area contributed by atoms with Crippen LogP contribution in [0.4, 0.5) is 8.78 Å². The van der Waals surface area contributed by atoms with Crippen molar-refractivity contribution in [2.45, 2.75) is 44.8 Å². The van der Waals surface area contributed by atoms with Crippen molar-refractivity contribution in [3.05, 3.63) is 33.8 Å². The molecule has 0 radical (unpaired) electrons. The highest BCUT2D eigenvalue weighted by atomic mass is 79.9. The van der Waals surface area contributed by atoms with Crippen molar-refractivity contribution in [3.8, 4) is 0 Å². The highest BCUT2D eigenvalue weighted by Crippen LogP contribution is 2.31. The van der Waals surface area contributed by atoms with E-state index < -0.39 is 17.2 Å². The minimum atomic E-state index is -0.745. The molecule has 0 heterocycles. The first kappa shape index (κ1) is 15.9. The summed E-state index contributed by atoms with van der Waals surface area (Å²) in [6, 6.07) is 2.59. The van der Waals surface area contributed by atoms with Crippen LogP contribution in [0, 0.1) is 17.6 Å². The molecule has 1 fully saturated rings. The first-order chi connectivity index (χ1) is 9.41. The number of nitrogens with one attached hydrogen (secondary N) is 1. The molecule has 2 rings (SSSR count). The monoisotopic (exact) mass is 347 g/mol. The van der Waals surface area contributed by atoms with Crippen LogP contribution in [-0.4, -0.2) is 17.3 Å². The molecule has 20 heavy (non-hydrogen) atoms. The summed E-state index contributed by atoms with van der Waals surface area (Å²) in [5.41, 5.74) is -0.738. The van der Waals surface area contributed by atoms with E-state index in [-0.39, 0.29) is 16.6 Å². The van der Waals surface area contributed by atoms with Crippen LogP contribution in [0.5, 0.6) is 0 Å². The van der Waals surface area contributed by atoms with Crippen LogP contribution in [0.3, 0.4) is 0 Å². The van der Waals surface area contributed by atoms with Crippen LogP contribution >= 0.6 is 15.9 Å². The molecular formula is C15H20BrF2NO. The van der Waals surface area contributed by atoms with Gasteiger partial charge in [0.25, 0.3) is 0 Å². The van der Waals surface area contributed by atoms with E-state index in [1.807, 2.05) is 0 Å². The number of hydrogen-bond acceptors (Lipinski definition) is 2. The Morgan fingerprint density at radius 1 is 1.35 bits per heavy atom. The predicted molar refractivity (Wildman–Crippen MR) is 78.3 cm³/mol. The lowest BCUT2D eigenvalue weighted by molar-refractivity contribution is -0.00640. The Morgan fingerprint density at radius 3 is 2.65 bits per heavy atom. The second kappa shape index (κ2) is 6.50. The predicted octanol–water partition coefficient (Wildman–Crippen LogP) is 3.76. The van der Waals surface area contributed by atoms with Crippen molar-refractivity contribution in [1.29, 1.82) is 0 Å². The Kier molecular flexibility index (Phi) is 5.15. The third-order valence-electron chi connectivity index (χ3n) is 4.10. The maximum Gasteiger partial charge on any atom is 0.144 e. The topological polar surface area (TPSA) is 32.3 Å². The van der Waals surface area contributed by atoms with Crippen molar-refractivity contribution >= 4 is 15.9 Å². The van der Waals surface area contributed by atoms with Crippen molar-refractivity contribution in [3.63, 3.8) is 0 Å². The highest BCUT2D eigenvalue weighted by molar-refractivity contribution is 9.10. The molecule has 0 aliphatic heterocycles. The summed E-state index contributed by atoms with van der Waals surface area (Å²) in [6.45, 7) is 2.62. The zero-order chi connectivity index (χ0) is 14.8. The minimum absolute atomic E-state index is 0.00662. The zero-order valence-electron chi connectivity index (χ0n) is 11.6. The largest absolute Gasteiger partial charge is 0.389 e. The van der Waals surface area contributed by atoms with Gasteiger partial charge in [-0.3, -0.25) is 0 Å². The standard InChI is InChI=1S/C15H20BrF2NO/c1-10-4-6-15(20,7-5-10)9-19-8-11-13(17)3-2-12(16)14(11)18/h2-3,10,19-20H,4-9H2,1H3. The summed E-state index contributed by atoms with van der Waals surface area (Å²) in [4.78, 5) is 0. The van der Waals surface area contributed by atoms with Crippen molar-refractivity contribution in [2.24, 2.45) is 5.92 Å². The van der Waals surface area contributed by atoms with Crippen LogP contribution in [0.1, 0.15) is 38.2 Å². The van der Waals surface area contributed by atoms with Crippen molar-refractivity contribution in [1.82, 2.24) is 5.32 Å². The van der Waals surface area contributed by atoms with Gasteiger partial charge in [0.05, 0.1) is 10.1 Å². The number of halogens is 3. The fourth-order valence-electron chi connectivity index (χ4n) is 2.63. The highest BCUT2D eigenvalue weighted by Gasteiger charge is 2.31. The lowest BCUT2D eigenvalue weighted by atomic mass is 9.79. The zero-order valence-corrected chi connectivity index (χ0v) is 13.1. The van der Waals surface area contributed by atoms with Gasteiger partial charge in [0, 0.05) is 18.7 Å². The molecule has 112 valence electrons. The average molecular weight is 348 g/mol. The van der Waals surface area contributed by atoms with Gasteiger partial charge in [0.15, 0.2) is 0 Å². The lowest BCUT2D eigenvalue weighted by Crippen LogP contribution is -2.43. The SMILES string of the molecule is CC1CCC(O)(CNCc2c(F)ccc(Br)c2F)CC1. The summed E-state index contributed by atoms with van der Waals surface area (Å²) in [5, 5.41) is 13.4. The van der Waals surface area contributed by atoms with Crippen LogP contribution in [-0.2, 0) is 6.54 Å². The fourth-order valence-corrected chi connectivity index (χ4v) is 3.00. The van der Waals surface area contributed by atoms with Gasteiger partial charge in [-0.1, -0.05) is 6.92 Å². The Balaban J connectivity index is 1.92. The minimum Gasteiger partial charge on any atom is -0.389 e. The molecule has 2 nitrogen and oxygen atoms in total. The first-order valence-corrected chi connectivity index (χ1v) is 7.76. The van der Waals surface area contributed by atoms with Gasteiger partial charge in [-0.2, -0.15) is 0 Å². The second-order valence-corrected chi connectivity index (χ2v) is 6.69. The molecule has 1 aliphatic rings. The van der Waals surface area contributed by atoms with Crippen LogP contribution in [0.15, 0.2) is 16.6 Å². The molecule has 0 saturated heterocycles. The summed E-state index contributed by atoms with van der Waals surface area (Å²) < 4.78 is 27.6. The van der Waals surface area contributed by atoms with Gasteiger partial charge < -0.3 is 10.4 Å². The number of benzene rings is 1. The fraction of sp³-hybridized carbons (Fsp3) is 0.600. The Morgan fingerprint density at radius 2 is 2.00 bits per heavy atom. The van der Waals surface area contributed by atoms with E-state index >= 15 is 0 Å². The summed E-state index contributed by atoms with van der Waals surface area (Å²) in [6.07, 6.45) is 3.48. The smallest absolute Gasteiger partial charge is 0.144 e. The van der Waals surface area contributed by atoms with Crippen LogP contribution in [0.2, 0.25) is 0 Å². The van der Waals surface area contributed by atoms with E-state index in [0.29, 0.717) is 12.5 Å². The van der Waals surface area contributed by atoms with E-state index in [9.17, 15) is 13.9 Å². The first-order valence-electron chi connectivity index (χ1n) is 6.97. The summed E-state index contributed by atoms with van der Waals surface area (Å²) in [5.74, 6) is -0.501. The van der Waals surface area contributed by atoms with Gasteiger partial charge >= 0.3 is 0 Å². The number of rotatable bonds is 4. The number of aliphatic hydroxyl groups is 1. The quantitative estimate of drug-likeness (QED) is 0.812. The molecule has 1 aromatic rings. The van der Waals surface area contributed by atoms with Crippen LogP contribution in [0.25, 0.3) is 0 Å². The molecule has 5 heteroatoms. The molecule has 0 bridgehead atoms. The van der Waals surface area contributed by atoms with Crippen LogP contribution < -0.4 is 5.32 Å². The molecule has 1 aromatic carbocycles. The molecule has 1 aliphatic carbocycles. The Hall–Kier alpha value is -0.520. The van der Waals surface area contributed by atoms with E-state index in [2.05, 4.69) is 28.2 Å². The molecule has 0 atom stereocenters. The van der Waals surface area contributed by atoms with Crippen molar-refractivity contribution < 1.29 is 13.9 Å². The molecular weight excluding hydrogens is 328 g/mol. The van der Waals surface area contributed by atoms with Gasteiger partial charge in [-0.25, -0.2) is 8.78 Å². The van der Waals surface area contributed by atoms with Gasteiger partial charge in [0.1, 0.15) is 11.6 Å². The van der Waals surface area contributed by atoms with E-state index in [1.54, 1.807) is 0 Å². The van der Waals surface area contributed by atoms with E-state index in [0.717, 1.165) is 25.7 Å². The average Bonchev–Trinajstić information content (AvgIpc) is 2.42. The van der Waals surface area contributed by atoms with E-state index in [1.165, 1.54) is 12.1 Å². The van der Waals surface area contributed by atoms with Gasteiger partial charge in [-0.15, -0.1) is 0 Å². The van der Waals surface area contributed by atoms with Gasteiger partial charge in [-0.05, 0) is 59.7 Å². The third kappa shape index (κ3) is 3.77. The molecule has 1 saturated carbocycles. The summed E-state index contributed by atoms with van der Waals surface area (Å²) in [7, 11) is 0. The summed E-state index contributed by atoms with van der Waals surface area (Å²) >= 11 is 3.05.